The molecule has 0 saturated carbocycles. The number of rotatable bonds is 6. The maximum atomic E-state index is 4.67. The zero-order valence-corrected chi connectivity index (χ0v) is 12.4. The Morgan fingerprint density at radius 2 is 1.67 bits per heavy atom. The summed E-state index contributed by atoms with van der Waals surface area (Å²) in [6.45, 7) is 1.79. The molecule has 0 saturated heterocycles. The Morgan fingerprint density at radius 3 is 2.43 bits per heavy atom. The summed E-state index contributed by atoms with van der Waals surface area (Å²) in [5.74, 6) is 0. The van der Waals surface area contributed by atoms with E-state index < -0.39 is 0 Å². The number of thiazole rings is 1. The van der Waals surface area contributed by atoms with Gasteiger partial charge in [-0.3, -0.25) is 9.97 Å². The zero-order valence-electron chi connectivity index (χ0n) is 11.6. The molecule has 3 aromatic heterocycles. The highest BCUT2D eigenvalue weighted by Crippen LogP contribution is 2.21. The average Bonchev–Trinajstić information content (AvgIpc) is 3.02. The van der Waals surface area contributed by atoms with Gasteiger partial charge in [-0.05, 0) is 29.8 Å². The number of hydrogen-bond donors (Lipinski definition) is 1. The van der Waals surface area contributed by atoms with Crippen molar-refractivity contribution >= 4 is 11.3 Å². The summed E-state index contributed by atoms with van der Waals surface area (Å²) in [4.78, 5) is 12.7. The summed E-state index contributed by atoms with van der Waals surface area (Å²) in [7, 11) is 0. The van der Waals surface area contributed by atoms with Crippen molar-refractivity contribution in [2.75, 3.05) is 6.54 Å². The SMILES string of the molecule is c1cc(CNCCc2nc(-c3ccncc3)cs2)ccn1. The minimum Gasteiger partial charge on any atom is -0.312 e. The van der Waals surface area contributed by atoms with Crippen LogP contribution < -0.4 is 5.32 Å². The van der Waals surface area contributed by atoms with Gasteiger partial charge >= 0.3 is 0 Å². The first-order valence-corrected chi connectivity index (χ1v) is 7.74. The molecule has 0 aromatic carbocycles. The third-order valence-electron chi connectivity index (χ3n) is 3.12. The van der Waals surface area contributed by atoms with Crippen molar-refractivity contribution in [2.24, 2.45) is 0 Å². The van der Waals surface area contributed by atoms with E-state index in [-0.39, 0.29) is 0 Å². The van der Waals surface area contributed by atoms with Crippen molar-refractivity contribution in [1.29, 1.82) is 0 Å². The first-order valence-electron chi connectivity index (χ1n) is 6.86. The van der Waals surface area contributed by atoms with Crippen LogP contribution in [-0.2, 0) is 13.0 Å². The summed E-state index contributed by atoms with van der Waals surface area (Å²) in [5, 5.41) is 6.69. The molecule has 1 N–H and O–H groups in total. The minimum atomic E-state index is 0.866. The summed E-state index contributed by atoms with van der Waals surface area (Å²) in [6.07, 6.45) is 8.17. The van der Waals surface area contributed by atoms with Gasteiger partial charge in [-0.1, -0.05) is 0 Å². The molecule has 0 radical (unpaired) electrons. The summed E-state index contributed by atoms with van der Waals surface area (Å²) in [6, 6.07) is 8.02. The lowest BCUT2D eigenvalue weighted by molar-refractivity contribution is 0.685. The lowest BCUT2D eigenvalue weighted by Gasteiger charge is -2.02. The monoisotopic (exact) mass is 296 g/mol. The lowest BCUT2D eigenvalue weighted by Crippen LogP contribution is -2.16. The van der Waals surface area contributed by atoms with E-state index in [0.717, 1.165) is 35.8 Å². The molecule has 3 aromatic rings. The molecule has 0 spiro atoms. The maximum absolute atomic E-state index is 4.67. The highest BCUT2D eigenvalue weighted by Gasteiger charge is 2.04. The fraction of sp³-hybridized carbons (Fsp3) is 0.188. The molecule has 0 atom stereocenters. The Kier molecular flexibility index (Phi) is 4.66. The molecule has 21 heavy (non-hydrogen) atoms. The van der Waals surface area contributed by atoms with Crippen LogP contribution in [0, 0.1) is 0 Å². The molecule has 0 bridgehead atoms. The predicted molar refractivity (Wildman–Crippen MR) is 85.0 cm³/mol. The van der Waals surface area contributed by atoms with Gasteiger partial charge in [0.15, 0.2) is 0 Å². The van der Waals surface area contributed by atoms with E-state index in [2.05, 4.69) is 25.6 Å². The van der Waals surface area contributed by atoms with E-state index >= 15 is 0 Å². The summed E-state index contributed by atoms with van der Waals surface area (Å²) < 4.78 is 0. The van der Waals surface area contributed by atoms with E-state index in [0.29, 0.717) is 0 Å². The van der Waals surface area contributed by atoms with Crippen LogP contribution in [0.15, 0.2) is 54.4 Å². The lowest BCUT2D eigenvalue weighted by atomic mass is 10.2. The molecular weight excluding hydrogens is 280 g/mol. The van der Waals surface area contributed by atoms with Gasteiger partial charge in [0.05, 0.1) is 10.7 Å². The van der Waals surface area contributed by atoms with Crippen LogP contribution in [0.5, 0.6) is 0 Å². The van der Waals surface area contributed by atoms with E-state index in [1.165, 1.54) is 5.56 Å². The van der Waals surface area contributed by atoms with Crippen molar-refractivity contribution < 1.29 is 0 Å². The van der Waals surface area contributed by atoms with Crippen LogP contribution in [-0.4, -0.2) is 21.5 Å². The van der Waals surface area contributed by atoms with E-state index in [4.69, 9.17) is 0 Å². The molecule has 0 amide bonds. The van der Waals surface area contributed by atoms with Crippen molar-refractivity contribution in [3.63, 3.8) is 0 Å². The normalized spacial score (nSPS) is 10.7. The Bertz CT molecular complexity index is 667. The Morgan fingerprint density at radius 1 is 0.952 bits per heavy atom. The summed E-state index contributed by atoms with van der Waals surface area (Å²) in [5.41, 5.74) is 3.41. The fourth-order valence-corrected chi connectivity index (χ4v) is 2.82. The largest absolute Gasteiger partial charge is 0.312 e. The van der Waals surface area contributed by atoms with Gasteiger partial charge < -0.3 is 5.32 Å². The third-order valence-corrected chi connectivity index (χ3v) is 4.03. The summed E-state index contributed by atoms with van der Waals surface area (Å²) >= 11 is 1.71. The topological polar surface area (TPSA) is 50.7 Å². The van der Waals surface area contributed by atoms with Gasteiger partial charge in [-0.2, -0.15) is 0 Å². The smallest absolute Gasteiger partial charge is 0.0945 e. The number of hydrogen-bond acceptors (Lipinski definition) is 5. The Balaban J connectivity index is 1.49. The first kappa shape index (κ1) is 13.9. The van der Waals surface area contributed by atoms with Gasteiger partial charge in [-0.25, -0.2) is 4.98 Å². The van der Waals surface area contributed by atoms with Crippen LogP contribution in [0.1, 0.15) is 10.6 Å². The molecule has 0 aliphatic carbocycles. The van der Waals surface area contributed by atoms with Crippen molar-refractivity contribution in [3.05, 3.63) is 65.0 Å². The molecule has 5 heteroatoms. The number of nitrogens with zero attached hydrogens (tertiary/aromatic N) is 3. The molecule has 3 heterocycles. The Labute approximate surface area is 127 Å². The molecule has 106 valence electrons. The number of pyridine rings is 2. The van der Waals surface area contributed by atoms with E-state index in [1.807, 2.05) is 36.7 Å². The molecule has 0 aliphatic heterocycles. The van der Waals surface area contributed by atoms with Crippen LogP contribution >= 0.6 is 11.3 Å². The second-order valence-corrected chi connectivity index (χ2v) is 5.59. The van der Waals surface area contributed by atoms with Crippen LogP contribution in [0.3, 0.4) is 0 Å². The molecule has 0 unspecified atom stereocenters. The van der Waals surface area contributed by atoms with E-state index in [9.17, 15) is 0 Å². The second-order valence-electron chi connectivity index (χ2n) is 4.64. The maximum Gasteiger partial charge on any atom is 0.0945 e. The predicted octanol–water partition coefficient (Wildman–Crippen LogP) is 2.93. The quantitative estimate of drug-likeness (QED) is 0.711. The van der Waals surface area contributed by atoms with Gasteiger partial charge in [0.1, 0.15) is 0 Å². The molecule has 3 rings (SSSR count). The number of nitrogens with one attached hydrogen (secondary N) is 1. The standard InChI is InChI=1S/C16H16N4S/c1-6-17-7-2-13(1)11-19-10-5-16-20-15(12-21-16)14-3-8-18-9-4-14/h1-4,6-9,12,19H,5,10-11H2. The van der Waals surface area contributed by atoms with Crippen molar-refractivity contribution in [2.45, 2.75) is 13.0 Å². The highest BCUT2D eigenvalue weighted by atomic mass is 32.1. The molecule has 0 aliphatic rings. The van der Waals surface area contributed by atoms with Crippen molar-refractivity contribution in [3.8, 4) is 11.3 Å². The van der Waals surface area contributed by atoms with Gasteiger partial charge in [0, 0.05) is 55.2 Å². The minimum absolute atomic E-state index is 0.866. The second kappa shape index (κ2) is 7.06. The van der Waals surface area contributed by atoms with Crippen LogP contribution in [0.2, 0.25) is 0 Å². The molecule has 4 nitrogen and oxygen atoms in total. The van der Waals surface area contributed by atoms with E-state index in [1.54, 1.807) is 23.7 Å². The average molecular weight is 296 g/mol. The third kappa shape index (κ3) is 3.93. The molecular formula is C16H16N4S. The fourth-order valence-electron chi connectivity index (χ4n) is 2.01. The first-order chi connectivity index (χ1) is 10.4. The van der Waals surface area contributed by atoms with Gasteiger partial charge in [-0.15, -0.1) is 11.3 Å². The number of aromatic nitrogens is 3. The van der Waals surface area contributed by atoms with Gasteiger partial charge in [0.25, 0.3) is 0 Å². The van der Waals surface area contributed by atoms with Crippen molar-refractivity contribution in [1.82, 2.24) is 20.3 Å². The highest BCUT2D eigenvalue weighted by molar-refractivity contribution is 7.09. The Hall–Kier alpha value is -2.11. The molecule has 0 fully saturated rings. The van der Waals surface area contributed by atoms with Gasteiger partial charge in [0.2, 0.25) is 0 Å². The zero-order chi connectivity index (χ0) is 14.3. The van der Waals surface area contributed by atoms with Crippen LogP contribution in [0.25, 0.3) is 11.3 Å². The van der Waals surface area contributed by atoms with Crippen LogP contribution in [0.4, 0.5) is 0 Å².